The van der Waals surface area contributed by atoms with E-state index in [4.69, 9.17) is 0 Å². The maximum Gasteiger partial charge on any atom is 0.322 e. The van der Waals surface area contributed by atoms with E-state index in [0.717, 1.165) is 0 Å². The maximum atomic E-state index is 12.5. The van der Waals surface area contributed by atoms with Gasteiger partial charge in [-0.05, 0) is 19.4 Å². The largest absolute Gasteiger partial charge is 0.480 e. The van der Waals surface area contributed by atoms with Gasteiger partial charge in [0.25, 0.3) is 0 Å². The SMILES string of the molecule is CC1(C)SC(C2NC(=O)C(c3ccccc3)NC2=O)NC1C(=O)O. The number of carboxylic acid groups (broad SMARTS) is 1. The number of nitrogens with one attached hydrogen (secondary N) is 3. The molecule has 7 nitrogen and oxygen atoms in total. The zero-order valence-electron chi connectivity index (χ0n) is 13.3. The zero-order chi connectivity index (χ0) is 17.5. The molecule has 2 aliphatic rings. The highest BCUT2D eigenvalue weighted by Crippen LogP contribution is 2.39. The van der Waals surface area contributed by atoms with E-state index in [-0.39, 0.29) is 11.8 Å². The van der Waals surface area contributed by atoms with Gasteiger partial charge in [0.15, 0.2) is 0 Å². The van der Waals surface area contributed by atoms with Gasteiger partial charge in [0.1, 0.15) is 18.1 Å². The number of carbonyl (C=O) groups excluding carboxylic acids is 2. The number of carboxylic acids is 1. The number of rotatable bonds is 3. The van der Waals surface area contributed by atoms with Gasteiger partial charge >= 0.3 is 5.97 Å². The van der Waals surface area contributed by atoms with E-state index < -0.39 is 34.2 Å². The molecular formula is C16H19N3O4S. The Hall–Kier alpha value is -2.06. The average Bonchev–Trinajstić information content (AvgIpc) is 2.85. The third kappa shape index (κ3) is 2.99. The number of hydrogen-bond donors (Lipinski definition) is 4. The van der Waals surface area contributed by atoms with Crippen LogP contribution in [0, 0.1) is 0 Å². The van der Waals surface area contributed by atoms with Gasteiger partial charge in [-0.25, -0.2) is 0 Å². The van der Waals surface area contributed by atoms with Gasteiger partial charge in [0, 0.05) is 4.75 Å². The van der Waals surface area contributed by atoms with Gasteiger partial charge in [-0.1, -0.05) is 30.3 Å². The van der Waals surface area contributed by atoms with Crippen LogP contribution >= 0.6 is 11.8 Å². The van der Waals surface area contributed by atoms with E-state index in [1.54, 1.807) is 38.1 Å². The summed E-state index contributed by atoms with van der Waals surface area (Å²) >= 11 is 1.35. The van der Waals surface area contributed by atoms with Crippen molar-refractivity contribution < 1.29 is 19.5 Å². The van der Waals surface area contributed by atoms with Crippen molar-refractivity contribution in [3.63, 3.8) is 0 Å². The summed E-state index contributed by atoms with van der Waals surface area (Å²) in [5, 5.41) is 17.2. The molecule has 0 spiro atoms. The monoisotopic (exact) mass is 349 g/mol. The van der Waals surface area contributed by atoms with E-state index in [0.29, 0.717) is 5.56 Å². The first kappa shape index (κ1) is 16.8. The number of thioether (sulfide) groups is 1. The van der Waals surface area contributed by atoms with Crippen LogP contribution in [0.2, 0.25) is 0 Å². The number of hydrogen-bond acceptors (Lipinski definition) is 5. The second-order valence-electron chi connectivity index (χ2n) is 6.42. The topological polar surface area (TPSA) is 108 Å². The van der Waals surface area contributed by atoms with Crippen molar-refractivity contribution in [3.05, 3.63) is 35.9 Å². The Kier molecular flexibility index (Phi) is 4.27. The lowest BCUT2D eigenvalue weighted by molar-refractivity contribution is -0.140. The van der Waals surface area contributed by atoms with Gasteiger partial charge in [0.05, 0.1) is 5.37 Å². The molecule has 24 heavy (non-hydrogen) atoms. The van der Waals surface area contributed by atoms with Crippen LogP contribution in [0.25, 0.3) is 0 Å². The van der Waals surface area contributed by atoms with Crippen molar-refractivity contribution in [1.82, 2.24) is 16.0 Å². The minimum absolute atomic E-state index is 0.301. The number of benzene rings is 1. The highest BCUT2D eigenvalue weighted by Gasteiger charge is 2.50. The van der Waals surface area contributed by atoms with Crippen molar-refractivity contribution in [2.24, 2.45) is 0 Å². The zero-order valence-corrected chi connectivity index (χ0v) is 14.1. The fourth-order valence-electron chi connectivity index (χ4n) is 3.02. The second-order valence-corrected chi connectivity index (χ2v) is 8.21. The first-order valence-corrected chi connectivity index (χ1v) is 8.50. The van der Waals surface area contributed by atoms with Crippen molar-refractivity contribution >= 4 is 29.5 Å². The Balaban J connectivity index is 1.75. The molecule has 2 aliphatic heterocycles. The number of aliphatic carboxylic acids is 1. The minimum Gasteiger partial charge on any atom is -0.480 e. The lowest BCUT2D eigenvalue weighted by Gasteiger charge is -2.32. The van der Waals surface area contributed by atoms with Crippen LogP contribution < -0.4 is 16.0 Å². The quantitative estimate of drug-likeness (QED) is 0.623. The molecule has 0 bridgehead atoms. The molecule has 1 aromatic carbocycles. The first-order chi connectivity index (χ1) is 11.3. The molecule has 2 fully saturated rings. The van der Waals surface area contributed by atoms with Crippen LogP contribution in [0.1, 0.15) is 25.5 Å². The van der Waals surface area contributed by atoms with Crippen LogP contribution in [0.4, 0.5) is 0 Å². The number of piperazine rings is 1. The van der Waals surface area contributed by atoms with Crippen LogP contribution in [-0.4, -0.2) is 45.1 Å². The van der Waals surface area contributed by atoms with Crippen molar-refractivity contribution in [2.75, 3.05) is 0 Å². The lowest BCUT2D eigenvalue weighted by atomic mass is 10.0. The molecule has 4 N–H and O–H groups in total. The average molecular weight is 349 g/mol. The summed E-state index contributed by atoms with van der Waals surface area (Å²) in [5.41, 5.74) is 0.706. The summed E-state index contributed by atoms with van der Waals surface area (Å²) in [5.74, 6) is -1.60. The van der Waals surface area contributed by atoms with E-state index in [1.807, 2.05) is 6.07 Å². The molecule has 128 valence electrons. The van der Waals surface area contributed by atoms with E-state index >= 15 is 0 Å². The maximum absolute atomic E-state index is 12.5. The Morgan fingerprint density at radius 3 is 2.38 bits per heavy atom. The van der Waals surface area contributed by atoms with Crippen LogP contribution in [0.3, 0.4) is 0 Å². The molecule has 1 aromatic rings. The van der Waals surface area contributed by atoms with Crippen LogP contribution in [0.5, 0.6) is 0 Å². The lowest BCUT2D eigenvalue weighted by Crippen LogP contribution is -2.63. The molecule has 3 rings (SSSR count). The Morgan fingerprint density at radius 1 is 1.12 bits per heavy atom. The van der Waals surface area contributed by atoms with E-state index in [9.17, 15) is 19.5 Å². The molecule has 0 radical (unpaired) electrons. The predicted octanol–water partition coefficient (Wildman–Crippen LogP) is 0.237. The van der Waals surface area contributed by atoms with Crippen molar-refractivity contribution in [1.29, 1.82) is 0 Å². The van der Waals surface area contributed by atoms with Gasteiger partial charge in [0.2, 0.25) is 11.8 Å². The van der Waals surface area contributed by atoms with Gasteiger partial charge in [-0.15, -0.1) is 11.8 Å². The highest BCUT2D eigenvalue weighted by molar-refractivity contribution is 8.01. The Bertz CT molecular complexity index is 679. The molecule has 8 heteroatoms. The summed E-state index contributed by atoms with van der Waals surface area (Å²) in [7, 11) is 0. The molecule has 2 amide bonds. The fraction of sp³-hybridized carbons (Fsp3) is 0.438. The molecule has 0 aliphatic carbocycles. The number of carbonyl (C=O) groups is 3. The summed E-state index contributed by atoms with van der Waals surface area (Å²) in [4.78, 5) is 36.2. The van der Waals surface area contributed by atoms with E-state index in [2.05, 4.69) is 16.0 Å². The Labute approximate surface area is 143 Å². The Morgan fingerprint density at radius 2 is 1.79 bits per heavy atom. The molecule has 2 heterocycles. The summed E-state index contributed by atoms with van der Waals surface area (Å²) in [6.07, 6.45) is 0. The summed E-state index contributed by atoms with van der Waals surface area (Å²) in [6, 6.07) is 6.65. The molecule has 0 saturated carbocycles. The van der Waals surface area contributed by atoms with Crippen LogP contribution in [0.15, 0.2) is 30.3 Å². The molecule has 4 atom stereocenters. The van der Waals surface area contributed by atoms with Crippen molar-refractivity contribution in [2.45, 2.75) is 42.1 Å². The third-order valence-corrected chi connectivity index (χ3v) is 5.77. The smallest absolute Gasteiger partial charge is 0.322 e. The third-order valence-electron chi connectivity index (χ3n) is 4.27. The van der Waals surface area contributed by atoms with Gasteiger partial charge in [-0.3, -0.25) is 19.7 Å². The molecule has 2 saturated heterocycles. The summed E-state index contributed by atoms with van der Waals surface area (Å²) < 4.78 is -0.586. The first-order valence-electron chi connectivity index (χ1n) is 7.62. The molecular weight excluding hydrogens is 330 g/mol. The van der Waals surface area contributed by atoms with Gasteiger partial charge in [-0.2, -0.15) is 0 Å². The molecule has 4 unspecified atom stereocenters. The van der Waals surface area contributed by atoms with Gasteiger partial charge < -0.3 is 15.7 Å². The summed E-state index contributed by atoms with van der Waals surface area (Å²) in [6.45, 7) is 3.61. The van der Waals surface area contributed by atoms with E-state index in [1.165, 1.54) is 11.8 Å². The normalized spacial score (nSPS) is 32.1. The van der Waals surface area contributed by atoms with Crippen molar-refractivity contribution in [3.8, 4) is 0 Å². The predicted molar refractivity (Wildman–Crippen MR) is 89.3 cm³/mol. The van der Waals surface area contributed by atoms with Crippen LogP contribution in [-0.2, 0) is 14.4 Å². The fourth-order valence-corrected chi connectivity index (χ4v) is 4.51. The minimum atomic E-state index is -0.972. The highest BCUT2D eigenvalue weighted by atomic mass is 32.2. The second kappa shape index (κ2) is 6.10. The number of amides is 2. The standard InChI is InChI=1S/C16H19N3O4S/c1-16(2)11(15(22)23)19-14(24-16)10-13(21)17-9(12(20)18-10)8-6-4-3-5-7-8/h3-7,9-11,14,19H,1-2H3,(H,17,21)(H,18,20)(H,22,23). The molecule has 0 aromatic heterocycles.